The predicted octanol–water partition coefficient (Wildman–Crippen LogP) is 3.91. The van der Waals surface area contributed by atoms with Crippen molar-refractivity contribution in [3.05, 3.63) is 40.1 Å². The monoisotopic (exact) mass is 231 g/mol. The quantitative estimate of drug-likeness (QED) is 0.799. The minimum absolute atomic E-state index is 0.109. The Labute approximate surface area is 104 Å². The molecule has 2 heteroatoms. The zero-order chi connectivity index (χ0) is 13.2. The molecule has 2 nitrogen and oxygen atoms in total. The van der Waals surface area contributed by atoms with Gasteiger partial charge in [0, 0.05) is 17.0 Å². The number of carbonyl (C=O) groups is 1. The summed E-state index contributed by atoms with van der Waals surface area (Å²) in [6.07, 6.45) is 0. The van der Waals surface area contributed by atoms with E-state index in [-0.39, 0.29) is 5.78 Å². The van der Waals surface area contributed by atoms with Gasteiger partial charge in [-0.25, -0.2) is 0 Å². The van der Waals surface area contributed by atoms with Gasteiger partial charge >= 0.3 is 0 Å². The normalized spacial score (nSPS) is 12.1. The fraction of sp³-hybridized carbons (Fsp3) is 0.400. The molecule has 0 atom stereocenters. The summed E-state index contributed by atoms with van der Waals surface area (Å²) in [4.78, 5) is 11.3. The van der Waals surface area contributed by atoms with E-state index in [1.807, 2.05) is 13.8 Å². The molecule has 1 aromatic carbocycles. The smallest absolute Gasteiger partial charge is 0.157 e. The minimum atomic E-state index is 0.109. The molecule has 0 aromatic heterocycles. The first-order chi connectivity index (χ1) is 7.82. The SMILES string of the molecule is CC(=O)/C(C)=C(/C)Nc1c(C)cc(C)cc1C. The van der Waals surface area contributed by atoms with Crippen molar-refractivity contribution in [3.8, 4) is 0 Å². The lowest BCUT2D eigenvalue weighted by molar-refractivity contribution is -0.113. The Morgan fingerprint density at radius 3 is 1.88 bits per heavy atom. The second-order valence-electron chi connectivity index (χ2n) is 4.70. The molecule has 0 aliphatic heterocycles. The molecule has 1 N–H and O–H groups in total. The molecule has 0 aliphatic carbocycles. The van der Waals surface area contributed by atoms with Gasteiger partial charge in [0.15, 0.2) is 5.78 Å². The van der Waals surface area contributed by atoms with Gasteiger partial charge in [0.25, 0.3) is 0 Å². The summed E-state index contributed by atoms with van der Waals surface area (Å²) in [6, 6.07) is 4.29. The van der Waals surface area contributed by atoms with Crippen molar-refractivity contribution in [1.82, 2.24) is 0 Å². The van der Waals surface area contributed by atoms with Gasteiger partial charge in [-0.3, -0.25) is 4.79 Å². The van der Waals surface area contributed by atoms with Crippen molar-refractivity contribution in [2.24, 2.45) is 0 Å². The van der Waals surface area contributed by atoms with Crippen molar-refractivity contribution < 1.29 is 4.79 Å². The zero-order valence-electron chi connectivity index (χ0n) is 11.6. The molecule has 0 saturated heterocycles. The Bertz CT molecular complexity index is 461. The molecule has 0 amide bonds. The summed E-state index contributed by atoms with van der Waals surface area (Å²) < 4.78 is 0. The van der Waals surface area contributed by atoms with Crippen LogP contribution >= 0.6 is 0 Å². The third-order valence-electron chi connectivity index (χ3n) is 3.08. The van der Waals surface area contributed by atoms with E-state index < -0.39 is 0 Å². The highest BCUT2D eigenvalue weighted by molar-refractivity contribution is 5.93. The van der Waals surface area contributed by atoms with Gasteiger partial charge in [0.05, 0.1) is 0 Å². The van der Waals surface area contributed by atoms with Crippen molar-refractivity contribution >= 4 is 11.5 Å². The van der Waals surface area contributed by atoms with Crippen molar-refractivity contribution in [1.29, 1.82) is 0 Å². The van der Waals surface area contributed by atoms with Crippen LogP contribution in [0.3, 0.4) is 0 Å². The largest absolute Gasteiger partial charge is 0.358 e. The number of allylic oxidation sites excluding steroid dienone is 2. The van der Waals surface area contributed by atoms with Crippen LogP contribution in [0.2, 0.25) is 0 Å². The average Bonchev–Trinajstić information content (AvgIpc) is 2.21. The fourth-order valence-electron chi connectivity index (χ4n) is 1.92. The van der Waals surface area contributed by atoms with E-state index in [0.29, 0.717) is 0 Å². The topological polar surface area (TPSA) is 29.1 Å². The standard InChI is InChI=1S/C15H21NO/c1-9-7-10(2)15(11(3)8-9)16-13(5)12(4)14(6)17/h7-8,16H,1-6H3/b13-12-. The lowest BCUT2D eigenvalue weighted by atomic mass is 10.0. The number of ketones is 1. The lowest BCUT2D eigenvalue weighted by Crippen LogP contribution is -2.06. The van der Waals surface area contributed by atoms with Gasteiger partial charge in [-0.1, -0.05) is 17.7 Å². The van der Waals surface area contributed by atoms with E-state index in [1.54, 1.807) is 6.92 Å². The highest BCUT2D eigenvalue weighted by Gasteiger charge is 2.07. The van der Waals surface area contributed by atoms with Crippen LogP contribution in [-0.2, 0) is 4.79 Å². The van der Waals surface area contributed by atoms with Crippen molar-refractivity contribution in [2.75, 3.05) is 5.32 Å². The summed E-state index contributed by atoms with van der Waals surface area (Å²) in [5.74, 6) is 0.109. The summed E-state index contributed by atoms with van der Waals surface area (Å²) in [6.45, 7) is 11.6. The van der Waals surface area contributed by atoms with E-state index >= 15 is 0 Å². The van der Waals surface area contributed by atoms with Gasteiger partial charge in [0.2, 0.25) is 0 Å². The maximum absolute atomic E-state index is 11.3. The van der Waals surface area contributed by atoms with Gasteiger partial charge in [0.1, 0.15) is 0 Å². The molecule has 0 spiro atoms. The number of rotatable bonds is 3. The molecular weight excluding hydrogens is 210 g/mol. The Kier molecular flexibility index (Phi) is 4.11. The van der Waals surface area contributed by atoms with Crippen LogP contribution in [0.5, 0.6) is 0 Å². The molecule has 0 bridgehead atoms. The van der Waals surface area contributed by atoms with Gasteiger partial charge in [-0.2, -0.15) is 0 Å². The van der Waals surface area contributed by atoms with Crippen molar-refractivity contribution in [2.45, 2.75) is 41.5 Å². The number of carbonyl (C=O) groups excluding carboxylic acids is 1. The maximum Gasteiger partial charge on any atom is 0.157 e. The maximum atomic E-state index is 11.3. The summed E-state index contributed by atoms with van der Waals surface area (Å²) >= 11 is 0. The molecule has 17 heavy (non-hydrogen) atoms. The van der Waals surface area contributed by atoms with Crippen LogP contribution in [-0.4, -0.2) is 5.78 Å². The Balaban J connectivity index is 3.13. The van der Waals surface area contributed by atoms with E-state index in [1.165, 1.54) is 16.7 Å². The molecule has 0 aliphatic rings. The first-order valence-electron chi connectivity index (χ1n) is 5.86. The predicted molar refractivity (Wildman–Crippen MR) is 73.3 cm³/mol. The zero-order valence-corrected chi connectivity index (χ0v) is 11.6. The first-order valence-corrected chi connectivity index (χ1v) is 5.86. The minimum Gasteiger partial charge on any atom is -0.358 e. The molecule has 0 unspecified atom stereocenters. The highest BCUT2D eigenvalue weighted by Crippen LogP contribution is 2.24. The van der Waals surface area contributed by atoms with Crippen LogP contribution in [0, 0.1) is 20.8 Å². The molecule has 0 radical (unpaired) electrons. The highest BCUT2D eigenvalue weighted by atomic mass is 16.1. The molecule has 0 saturated carbocycles. The van der Waals surface area contributed by atoms with E-state index in [9.17, 15) is 4.79 Å². The van der Waals surface area contributed by atoms with E-state index in [4.69, 9.17) is 0 Å². The van der Waals surface area contributed by atoms with Crippen LogP contribution < -0.4 is 5.32 Å². The average molecular weight is 231 g/mol. The number of Topliss-reactive ketones (excluding diaryl/α,β-unsaturated/α-hetero) is 1. The third kappa shape index (κ3) is 3.19. The second-order valence-corrected chi connectivity index (χ2v) is 4.70. The molecule has 0 fully saturated rings. The lowest BCUT2D eigenvalue weighted by Gasteiger charge is -2.15. The number of nitrogens with one attached hydrogen (secondary N) is 1. The molecule has 0 heterocycles. The van der Waals surface area contributed by atoms with E-state index in [0.717, 1.165) is 17.0 Å². The number of benzene rings is 1. The van der Waals surface area contributed by atoms with Crippen LogP contribution in [0.15, 0.2) is 23.4 Å². The summed E-state index contributed by atoms with van der Waals surface area (Å²) in [5.41, 5.74) is 6.48. The molecular formula is C15H21NO. The third-order valence-corrected chi connectivity index (χ3v) is 3.08. The van der Waals surface area contributed by atoms with Crippen LogP contribution in [0.25, 0.3) is 0 Å². The second kappa shape index (κ2) is 5.17. The van der Waals surface area contributed by atoms with Gasteiger partial charge in [-0.05, 0) is 52.7 Å². The first kappa shape index (κ1) is 13.5. The molecule has 1 rings (SSSR count). The number of aryl methyl sites for hydroxylation is 3. The van der Waals surface area contributed by atoms with Crippen LogP contribution in [0.1, 0.15) is 37.5 Å². The Hall–Kier alpha value is -1.57. The summed E-state index contributed by atoms with van der Waals surface area (Å²) in [7, 11) is 0. The van der Waals surface area contributed by atoms with E-state index in [2.05, 4.69) is 38.2 Å². The number of hydrogen-bond acceptors (Lipinski definition) is 2. The Morgan fingerprint density at radius 2 is 1.47 bits per heavy atom. The number of hydrogen-bond donors (Lipinski definition) is 1. The fourth-order valence-corrected chi connectivity index (χ4v) is 1.92. The van der Waals surface area contributed by atoms with Crippen molar-refractivity contribution in [3.63, 3.8) is 0 Å². The Morgan fingerprint density at radius 1 is 1.00 bits per heavy atom. The van der Waals surface area contributed by atoms with Gasteiger partial charge < -0.3 is 5.32 Å². The number of anilines is 1. The molecule has 92 valence electrons. The summed E-state index contributed by atoms with van der Waals surface area (Å²) in [5, 5.41) is 3.35. The molecule has 1 aromatic rings. The van der Waals surface area contributed by atoms with Gasteiger partial charge in [-0.15, -0.1) is 0 Å². The van der Waals surface area contributed by atoms with Crippen LogP contribution in [0.4, 0.5) is 5.69 Å².